The number of rotatable bonds is 4. The van der Waals surface area contributed by atoms with Gasteiger partial charge in [0.2, 0.25) is 0 Å². The Balaban J connectivity index is 1.43. The maximum atomic E-state index is 11.8. The number of carbonyl (C=O) groups is 1. The second-order valence-electron chi connectivity index (χ2n) is 7.89. The number of fused-ring (bicyclic) bond motifs is 2. The molecule has 3 heterocycles. The highest BCUT2D eigenvalue weighted by Gasteiger charge is 2.17. The van der Waals surface area contributed by atoms with Crippen LogP contribution in [0.3, 0.4) is 0 Å². The molecular weight excluding hydrogens is 392 g/mol. The summed E-state index contributed by atoms with van der Waals surface area (Å²) in [6, 6.07) is 11.8. The molecule has 1 aliphatic heterocycles. The van der Waals surface area contributed by atoms with Crippen molar-refractivity contribution in [3.8, 4) is 11.5 Å². The number of urea groups is 1. The molecule has 9 nitrogen and oxygen atoms in total. The minimum atomic E-state index is -0.227. The van der Waals surface area contributed by atoms with E-state index in [4.69, 9.17) is 4.98 Å². The van der Waals surface area contributed by atoms with Gasteiger partial charge >= 0.3 is 6.03 Å². The van der Waals surface area contributed by atoms with Crippen molar-refractivity contribution in [2.45, 2.75) is 6.92 Å². The number of hydrogen-bond acceptors (Lipinski definition) is 5. The average molecular weight is 419 g/mol. The molecule has 1 fully saturated rings. The Morgan fingerprint density at radius 3 is 2.74 bits per heavy atom. The fourth-order valence-corrected chi connectivity index (χ4v) is 3.98. The van der Waals surface area contributed by atoms with Gasteiger partial charge in [-0.2, -0.15) is 5.10 Å². The summed E-state index contributed by atoms with van der Waals surface area (Å²) in [7, 11) is 2.16. The molecule has 2 aromatic heterocycles. The van der Waals surface area contributed by atoms with E-state index in [1.807, 2.05) is 25.1 Å². The number of amides is 2. The van der Waals surface area contributed by atoms with Crippen LogP contribution in [-0.4, -0.2) is 70.9 Å². The lowest BCUT2D eigenvalue weighted by Gasteiger charge is -2.34. The van der Waals surface area contributed by atoms with Gasteiger partial charge in [0.25, 0.3) is 0 Å². The van der Waals surface area contributed by atoms with E-state index < -0.39 is 0 Å². The zero-order valence-corrected chi connectivity index (χ0v) is 17.7. The molecule has 0 aliphatic carbocycles. The Hall–Kier alpha value is -3.59. The largest absolute Gasteiger partial charge is 0.369 e. The van der Waals surface area contributed by atoms with Crippen LogP contribution in [0.25, 0.3) is 33.5 Å². The van der Waals surface area contributed by atoms with Crippen molar-refractivity contribution in [1.82, 2.24) is 30.4 Å². The number of benzene rings is 2. The molecule has 0 radical (unpaired) electrons. The summed E-state index contributed by atoms with van der Waals surface area (Å²) in [6.07, 6.45) is 0. The second-order valence-corrected chi connectivity index (χ2v) is 7.89. The summed E-state index contributed by atoms with van der Waals surface area (Å²) in [5.41, 5.74) is 5.43. The smallest absolute Gasteiger partial charge is 0.319 e. The summed E-state index contributed by atoms with van der Waals surface area (Å²) in [5, 5.41) is 14.0. The van der Waals surface area contributed by atoms with E-state index in [-0.39, 0.29) is 6.03 Å². The summed E-state index contributed by atoms with van der Waals surface area (Å²) >= 11 is 0. The Kier molecular flexibility index (Phi) is 4.95. The Bertz CT molecular complexity index is 1240. The Morgan fingerprint density at radius 1 is 1.10 bits per heavy atom. The Labute approximate surface area is 179 Å². The van der Waals surface area contributed by atoms with Gasteiger partial charge in [-0.15, -0.1) is 0 Å². The van der Waals surface area contributed by atoms with Crippen LogP contribution in [0.4, 0.5) is 16.2 Å². The number of H-pyrrole nitrogens is 2. The van der Waals surface area contributed by atoms with E-state index in [0.717, 1.165) is 59.6 Å². The Morgan fingerprint density at radius 2 is 1.94 bits per heavy atom. The summed E-state index contributed by atoms with van der Waals surface area (Å²) in [5.74, 6) is 0.723. The van der Waals surface area contributed by atoms with Gasteiger partial charge in [-0.1, -0.05) is 0 Å². The quantitative estimate of drug-likeness (QED) is 0.408. The molecule has 2 amide bonds. The number of aromatic nitrogens is 4. The summed E-state index contributed by atoms with van der Waals surface area (Å²) < 4.78 is 0. The number of imidazole rings is 1. The van der Waals surface area contributed by atoms with Crippen molar-refractivity contribution in [2.24, 2.45) is 0 Å². The molecule has 0 atom stereocenters. The van der Waals surface area contributed by atoms with Crippen molar-refractivity contribution in [2.75, 3.05) is 50.0 Å². The molecule has 1 saturated heterocycles. The lowest BCUT2D eigenvalue weighted by Crippen LogP contribution is -2.44. The first kappa shape index (κ1) is 19.4. The molecule has 4 N–H and O–H groups in total. The van der Waals surface area contributed by atoms with Crippen molar-refractivity contribution >= 4 is 39.3 Å². The predicted octanol–water partition coefficient (Wildman–Crippen LogP) is 3.00. The van der Waals surface area contributed by atoms with Gasteiger partial charge in [-0.3, -0.25) is 5.10 Å². The van der Waals surface area contributed by atoms with Gasteiger partial charge in [-0.25, -0.2) is 9.78 Å². The molecule has 0 saturated carbocycles. The SMILES string of the molecule is CCNC(=O)Nc1ccc2c(-c3nc4ccc(N5CCN(C)CC5)cc4[nH]3)n[nH]c2c1. The third kappa shape index (κ3) is 3.79. The van der Waals surface area contributed by atoms with Gasteiger partial charge in [0.1, 0.15) is 5.69 Å². The van der Waals surface area contributed by atoms with Gasteiger partial charge < -0.3 is 25.4 Å². The highest BCUT2D eigenvalue weighted by molar-refractivity contribution is 5.97. The maximum Gasteiger partial charge on any atom is 0.319 e. The van der Waals surface area contributed by atoms with Crippen LogP contribution in [0.5, 0.6) is 0 Å². The highest BCUT2D eigenvalue weighted by Crippen LogP contribution is 2.29. The zero-order chi connectivity index (χ0) is 21.4. The van der Waals surface area contributed by atoms with E-state index in [1.54, 1.807) is 0 Å². The normalized spacial score (nSPS) is 15.0. The first-order valence-electron chi connectivity index (χ1n) is 10.6. The van der Waals surface area contributed by atoms with Crippen LogP contribution in [0, 0.1) is 0 Å². The minimum absolute atomic E-state index is 0.227. The summed E-state index contributed by atoms with van der Waals surface area (Å²) in [4.78, 5) is 24.7. The first-order chi connectivity index (χ1) is 15.1. The van der Waals surface area contributed by atoms with Crippen LogP contribution in [-0.2, 0) is 0 Å². The number of nitrogens with zero attached hydrogens (tertiary/aromatic N) is 4. The lowest BCUT2D eigenvalue weighted by molar-refractivity contribution is 0.252. The minimum Gasteiger partial charge on any atom is -0.369 e. The van der Waals surface area contributed by atoms with Crippen LogP contribution in [0.1, 0.15) is 6.92 Å². The molecule has 0 spiro atoms. The molecule has 1 aliphatic rings. The van der Waals surface area contributed by atoms with Crippen molar-refractivity contribution < 1.29 is 4.79 Å². The lowest BCUT2D eigenvalue weighted by atomic mass is 10.2. The molecule has 31 heavy (non-hydrogen) atoms. The van der Waals surface area contributed by atoms with Crippen LogP contribution in [0.15, 0.2) is 36.4 Å². The van der Waals surface area contributed by atoms with E-state index in [0.29, 0.717) is 12.2 Å². The zero-order valence-electron chi connectivity index (χ0n) is 17.7. The fourth-order valence-electron chi connectivity index (χ4n) is 3.98. The van der Waals surface area contributed by atoms with Crippen LogP contribution >= 0.6 is 0 Å². The molecule has 0 bridgehead atoms. The van der Waals surface area contributed by atoms with Gasteiger partial charge in [-0.05, 0) is 50.4 Å². The number of hydrogen-bond donors (Lipinski definition) is 4. The van der Waals surface area contributed by atoms with Gasteiger partial charge in [0.05, 0.1) is 16.6 Å². The van der Waals surface area contributed by atoms with Crippen molar-refractivity contribution in [3.63, 3.8) is 0 Å². The van der Waals surface area contributed by atoms with Gasteiger partial charge in [0.15, 0.2) is 5.82 Å². The molecular formula is C22H26N8O. The molecule has 160 valence electrons. The number of carbonyl (C=O) groups excluding carboxylic acids is 1. The molecule has 4 aromatic rings. The molecule has 0 unspecified atom stereocenters. The predicted molar refractivity (Wildman–Crippen MR) is 124 cm³/mol. The van der Waals surface area contributed by atoms with Crippen LogP contribution < -0.4 is 15.5 Å². The second kappa shape index (κ2) is 7.92. The fraction of sp³-hybridized carbons (Fsp3) is 0.318. The van der Waals surface area contributed by atoms with E-state index in [1.165, 1.54) is 5.69 Å². The van der Waals surface area contributed by atoms with E-state index in [2.05, 4.69) is 60.9 Å². The average Bonchev–Trinajstić information content (AvgIpc) is 3.37. The highest BCUT2D eigenvalue weighted by atomic mass is 16.2. The number of anilines is 2. The number of aromatic amines is 2. The first-order valence-corrected chi connectivity index (χ1v) is 10.6. The van der Waals surface area contributed by atoms with Crippen molar-refractivity contribution in [3.05, 3.63) is 36.4 Å². The number of nitrogens with one attached hydrogen (secondary N) is 4. The molecule has 9 heteroatoms. The van der Waals surface area contributed by atoms with E-state index in [9.17, 15) is 4.79 Å². The third-order valence-electron chi connectivity index (χ3n) is 5.72. The van der Waals surface area contributed by atoms with Gasteiger partial charge in [0, 0.05) is 49.5 Å². The van der Waals surface area contributed by atoms with E-state index >= 15 is 0 Å². The monoisotopic (exact) mass is 418 g/mol. The third-order valence-corrected chi connectivity index (χ3v) is 5.72. The number of likely N-dealkylation sites (N-methyl/N-ethyl adjacent to an activating group) is 1. The summed E-state index contributed by atoms with van der Waals surface area (Å²) in [6.45, 7) is 6.65. The number of piperazine rings is 1. The van der Waals surface area contributed by atoms with Crippen LogP contribution in [0.2, 0.25) is 0 Å². The molecule has 5 rings (SSSR count). The maximum absolute atomic E-state index is 11.8. The topological polar surface area (TPSA) is 105 Å². The van der Waals surface area contributed by atoms with Crippen molar-refractivity contribution in [1.29, 1.82) is 0 Å². The molecule has 2 aromatic carbocycles. The standard InChI is InChI=1S/C22H26N8O/c1-3-23-22(31)24-14-4-6-16-18(12-14)27-28-20(16)21-25-17-7-5-15(13-19(17)26-21)30-10-8-29(2)9-11-30/h4-7,12-13H,3,8-11H2,1-2H3,(H,25,26)(H,27,28)(H2,23,24,31).